The van der Waals surface area contributed by atoms with Crippen LogP contribution < -0.4 is 21.7 Å². The first kappa shape index (κ1) is 27.8. The molecule has 0 aliphatic rings. The van der Waals surface area contributed by atoms with Gasteiger partial charge in [0, 0.05) is 30.9 Å². The number of amides is 1. The summed E-state index contributed by atoms with van der Waals surface area (Å²) in [7, 11) is 0. The first-order valence-corrected chi connectivity index (χ1v) is 12.7. The average Bonchev–Trinajstić information content (AvgIpc) is 2.75. The van der Waals surface area contributed by atoms with Crippen LogP contribution in [0.4, 0.5) is 0 Å². The molecule has 0 saturated carbocycles. The lowest BCUT2D eigenvalue weighted by Crippen LogP contribution is -2.55. The molecule has 0 fully saturated rings. The topological polar surface area (TPSA) is 116 Å². The molecule has 0 aliphatic carbocycles. The average molecular weight is 471 g/mol. The molecule has 176 valence electrons. The van der Waals surface area contributed by atoms with Crippen LogP contribution in [0.25, 0.3) is 0 Å². The van der Waals surface area contributed by atoms with Crippen LogP contribution in [0, 0.1) is 5.92 Å². The van der Waals surface area contributed by atoms with Gasteiger partial charge in [0.05, 0.1) is 6.04 Å². The Morgan fingerprint density at radius 1 is 1.13 bits per heavy atom. The van der Waals surface area contributed by atoms with E-state index >= 15 is 0 Å². The van der Waals surface area contributed by atoms with E-state index in [1.165, 1.54) is 0 Å². The number of carboxylic acid groups (broad SMARTS) is 1. The number of hydrogen-bond acceptors (Lipinski definition) is 7. The van der Waals surface area contributed by atoms with E-state index in [2.05, 4.69) is 42.4 Å². The Kier molecular flexibility index (Phi) is 13.9. The molecule has 0 aliphatic heterocycles. The highest BCUT2D eigenvalue weighted by atomic mass is 32.2. The van der Waals surface area contributed by atoms with Crippen molar-refractivity contribution in [1.29, 1.82) is 0 Å². The van der Waals surface area contributed by atoms with Crippen LogP contribution in [0.15, 0.2) is 30.3 Å². The van der Waals surface area contributed by atoms with Gasteiger partial charge in [0.25, 0.3) is 0 Å². The molecular formula is C22H38N4O3S2. The summed E-state index contributed by atoms with van der Waals surface area (Å²) in [6.45, 7) is 5.42. The molecule has 31 heavy (non-hydrogen) atoms. The van der Waals surface area contributed by atoms with Crippen molar-refractivity contribution in [1.82, 2.24) is 16.0 Å². The van der Waals surface area contributed by atoms with Gasteiger partial charge >= 0.3 is 5.97 Å². The van der Waals surface area contributed by atoms with Gasteiger partial charge in [-0.3, -0.25) is 4.79 Å². The molecule has 0 bridgehead atoms. The van der Waals surface area contributed by atoms with Crippen molar-refractivity contribution in [3.05, 3.63) is 35.9 Å². The Hall–Kier alpha value is -1.26. The smallest absolute Gasteiger partial charge is 0.326 e. The fourth-order valence-corrected chi connectivity index (χ4v) is 3.65. The van der Waals surface area contributed by atoms with Crippen LogP contribution in [0.1, 0.15) is 25.8 Å². The molecule has 6 N–H and O–H groups in total. The van der Waals surface area contributed by atoms with Crippen LogP contribution in [0.5, 0.6) is 0 Å². The van der Waals surface area contributed by atoms with E-state index in [0.717, 1.165) is 5.56 Å². The Morgan fingerprint density at radius 2 is 1.81 bits per heavy atom. The van der Waals surface area contributed by atoms with Crippen molar-refractivity contribution in [2.75, 3.05) is 30.9 Å². The molecule has 1 amide bonds. The highest BCUT2D eigenvalue weighted by Gasteiger charge is 2.26. The number of nitrogens with one attached hydrogen (secondary N) is 3. The van der Waals surface area contributed by atoms with Crippen molar-refractivity contribution < 1.29 is 14.7 Å². The van der Waals surface area contributed by atoms with E-state index in [-0.39, 0.29) is 18.0 Å². The summed E-state index contributed by atoms with van der Waals surface area (Å²) in [5.74, 6) is 0.277. The molecule has 7 nitrogen and oxygen atoms in total. The van der Waals surface area contributed by atoms with Gasteiger partial charge in [-0.1, -0.05) is 44.2 Å². The molecule has 0 spiro atoms. The normalized spacial score (nSPS) is 15.3. The minimum absolute atomic E-state index is 0.0410. The number of nitrogens with two attached hydrogens (primary N) is 1. The molecular weight excluding hydrogens is 432 g/mol. The van der Waals surface area contributed by atoms with Crippen LogP contribution in [-0.4, -0.2) is 72.0 Å². The minimum atomic E-state index is -1.01. The van der Waals surface area contributed by atoms with E-state index in [0.29, 0.717) is 43.4 Å². The Balaban J connectivity index is 2.86. The van der Waals surface area contributed by atoms with Gasteiger partial charge in [-0.15, -0.1) is 0 Å². The maximum absolute atomic E-state index is 13.0. The van der Waals surface area contributed by atoms with Crippen molar-refractivity contribution in [3.8, 4) is 0 Å². The summed E-state index contributed by atoms with van der Waals surface area (Å²) >= 11 is 5.78. The number of carbonyl (C=O) groups is 2. The number of hydrogen-bond donors (Lipinski definition) is 6. The number of carboxylic acids is 1. The molecule has 9 heteroatoms. The van der Waals surface area contributed by atoms with Crippen molar-refractivity contribution in [2.24, 2.45) is 11.7 Å². The molecule has 1 aromatic carbocycles. The van der Waals surface area contributed by atoms with E-state index in [9.17, 15) is 14.7 Å². The molecule has 4 atom stereocenters. The highest BCUT2D eigenvalue weighted by Crippen LogP contribution is 2.08. The third-order valence-corrected chi connectivity index (χ3v) is 6.20. The summed E-state index contributed by atoms with van der Waals surface area (Å²) in [6.07, 6.45) is 2.78. The van der Waals surface area contributed by atoms with E-state index < -0.39 is 18.1 Å². The quantitative estimate of drug-likeness (QED) is 0.202. The van der Waals surface area contributed by atoms with Crippen molar-refractivity contribution >= 4 is 36.3 Å². The molecule has 0 radical (unpaired) electrons. The maximum Gasteiger partial charge on any atom is 0.326 e. The Labute approximate surface area is 196 Å². The van der Waals surface area contributed by atoms with Gasteiger partial charge in [0.2, 0.25) is 5.91 Å². The van der Waals surface area contributed by atoms with E-state index in [4.69, 9.17) is 5.73 Å². The summed E-state index contributed by atoms with van der Waals surface area (Å²) in [5.41, 5.74) is 6.98. The first-order valence-electron chi connectivity index (χ1n) is 10.7. The second-order valence-electron chi connectivity index (χ2n) is 8.03. The highest BCUT2D eigenvalue weighted by molar-refractivity contribution is 7.98. The third kappa shape index (κ3) is 11.2. The number of rotatable bonds is 16. The molecule has 1 rings (SSSR count). The van der Waals surface area contributed by atoms with Crippen LogP contribution in [-0.2, 0) is 16.0 Å². The number of thiol groups is 1. The molecule has 0 aromatic heterocycles. The van der Waals surface area contributed by atoms with Gasteiger partial charge in [-0.25, -0.2) is 4.79 Å². The predicted octanol–water partition coefficient (Wildman–Crippen LogP) is 1.38. The lowest BCUT2D eigenvalue weighted by atomic mass is 10.0. The van der Waals surface area contributed by atoms with Crippen LogP contribution in [0.3, 0.4) is 0 Å². The largest absolute Gasteiger partial charge is 0.480 e. The summed E-state index contributed by atoms with van der Waals surface area (Å²) < 4.78 is 0. The van der Waals surface area contributed by atoms with Crippen LogP contribution >= 0.6 is 24.4 Å². The summed E-state index contributed by atoms with van der Waals surface area (Å²) in [6, 6.07) is 8.36. The fourth-order valence-electron chi connectivity index (χ4n) is 3.05. The lowest BCUT2D eigenvalue weighted by Gasteiger charge is -2.28. The minimum Gasteiger partial charge on any atom is -0.480 e. The summed E-state index contributed by atoms with van der Waals surface area (Å²) in [5, 5.41) is 19.0. The summed E-state index contributed by atoms with van der Waals surface area (Å²) in [4.78, 5) is 24.6. The zero-order valence-electron chi connectivity index (χ0n) is 18.7. The van der Waals surface area contributed by atoms with Crippen molar-refractivity contribution in [2.45, 2.75) is 50.9 Å². The lowest BCUT2D eigenvalue weighted by molar-refractivity contribution is -0.142. The van der Waals surface area contributed by atoms with Crippen molar-refractivity contribution in [3.63, 3.8) is 0 Å². The van der Waals surface area contributed by atoms with E-state index in [1.807, 2.05) is 36.6 Å². The molecule has 1 unspecified atom stereocenters. The Bertz CT molecular complexity index is 649. The van der Waals surface area contributed by atoms with Crippen LogP contribution in [0.2, 0.25) is 0 Å². The second-order valence-corrected chi connectivity index (χ2v) is 9.38. The molecule has 0 saturated heterocycles. The number of thioether (sulfide) groups is 1. The third-order valence-electron chi connectivity index (χ3n) is 5.09. The van der Waals surface area contributed by atoms with E-state index in [1.54, 1.807) is 11.8 Å². The zero-order chi connectivity index (χ0) is 23.2. The van der Waals surface area contributed by atoms with Gasteiger partial charge in [-0.2, -0.15) is 24.4 Å². The van der Waals surface area contributed by atoms with Gasteiger partial charge in [0.1, 0.15) is 6.04 Å². The Morgan fingerprint density at radius 3 is 2.35 bits per heavy atom. The first-order chi connectivity index (χ1) is 14.8. The SMILES string of the molecule is CSCC[C@H](NC(=O)[C@H](Cc1ccccc1)NC[C@@H](NCC(N)CS)C(C)C)C(=O)O. The maximum atomic E-state index is 13.0. The standard InChI is InChI=1S/C22H38N4O3S2/c1-15(2)20(24-12-17(23)14-30)13-25-19(11-16-7-5-4-6-8-16)21(27)26-18(22(28)29)9-10-31-3/h4-8,15,17-20,24-25,30H,9-14,23H2,1-3H3,(H,26,27)(H,28,29)/t17?,18-,19-,20+/m0/s1. The molecule has 1 aromatic rings. The fraction of sp³-hybridized carbons (Fsp3) is 0.636. The van der Waals surface area contributed by atoms with Gasteiger partial charge < -0.3 is 26.8 Å². The zero-order valence-corrected chi connectivity index (χ0v) is 20.4. The number of carbonyl (C=O) groups excluding carboxylic acids is 1. The monoisotopic (exact) mass is 470 g/mol. The second kappa shape index (κ2) is 15.5. The number of aliphatic carboxylic acids is 1. The van der Waals surface area contributed by atoms with Gasteiger partial charge in [-0.05, 0) is 36.3 Å². The number of benzene rings is 1. The van der Waals surface area contributed by atoms with Gasteiger partial charge in [0.15, 0.2) is 0 Å². The molecule has 0 heterocycles. The predicted molar refractivity (Wildman–Crippen MR) is 133 cm³/mol.